The number of nitrogens with two attached hydrogens (primary N) is 1. The maximum Gasteiger partial charge on any atom is 0.417 e. The average Bonchev–Trinajstić information content (AvgIpc) is 2.49. The summed E-state index contributed by atoms with van der Waals surface area (Å²) < 4.78 is 77.2. The van der Waals surface area contributed by atoms with Crippen LogP contribution in [0.1, 0.15) is 49.8 Å². The number of aryl methyl sites for hydroxylation is 1. The van der Waals surface area contributed by atoms with Gasteiger partial charge in [-0.1, -0.05) is 19.4 Å². The van der Waals surface area contributed by atoms with E-state index in [4.69, 9.17) is 10.8 Å². The Morgan fingerprint density at radius 3 is 2.08 bits per heavy atom. The Bertz CT molecular complexity index is 637. The number of hydrogen-bond acceptors (Lipinski definition) is 2. The fraction of sp³-hybridized carbons (Fsp3) is 0.588. The highest BCUT2D eigenvalue weighted by Crippen LogP contribution is 2.40. The van der Waals surface area contributed by atoms with Crippen molar-refractivity contribution in [2.75, 3.05) is 0 Å². The van der Waals surface area contributed by atoms with Gasteiger partial charge in [0.25, 0.3) is 0 Å². The topological polar surface area (TPSA) is 63.3 Å². The Kier molecular flexibility index (Phi) is 6.73. The molecule has 2 unspecified atom stereocenters. The zero-order valence-corrected chi connectivity index (χ0v) is 14.3. The van der Waals surface area contributed by atoms with Crippen LogP contribution in [0.3, 0.4) is 0 Å². The Labute approximate surface area is 147 Å². The molecule has 0 aliphatic rings. The minimum Gasteiger partial charge on any atom is -0.480 e. The highest BCUT2D eigenvalue weighted by atomic mass is 19.4. The molecular weight excluding hydrogens is 364 g/mol. The van der Waals surface area contributed by atoms with Gasteiger partial charge in [0.2, 0.25) is 0 Å². The van der Waals surface area contributed by atoms with Crippen LogP contribution in [0.25, 0.3) is 0 Å². The number of alkyl halides is 6. The number of rotatable bonds is 7. The Morgan fingerprint density at radius 2 is 1.65 bits per heavy atom. The molecule has 9 heteroatoms. The van der Waals surface area contributed by atoms with Crippen LogP contribution in [-0.2, 0) is 23.6 Å². The standard InChI is InChI=1S/C17H21F6NO2/c1-3-10(9-15(2,24)14(25)26)4-5-11-6-7-12(16(18,19)20)13(8-11)17(21,22)23/h6-8,10H,3-5,9,24H2,1-2H3,(H,25,26). The van der Waals surface area contributed by atoms with Crippen molar-refractivity contribution in [1.82, 2.24) is 0 Å². The lowest BCUT2D eigenvalue weighted by atomic mass is 9.84. The molecular formula is C17H21F6NO2. The van der Waals surface area contributed by atoms with Gasteiger partial charge in [0.1, 0.15) is 5.54 Å². The molecule has 0 aliphatic heterocycles. The first-order valence-corrected chi connectivity index (χ1v) is 7.98. The van der Waals surface area contributed by atoms with E-state index in [9.17, 15) is 31.1 Å². The molecule has 0 saturated heterocycles. The summed E-state index contributed by atoms with van der Waals surface area (Å²) in [5.74, 6) is -1.37. The van der Waals surface area contributed by atoms with Crippen molar-refractivity contribution in [3.05, 3.63) is 34.9 Å². The first-order chi connectivity index (χ1) is 11.7. The van der Waals surface area contributed by atoms with Gasteiger partial charge >= 0.3 is 18.3 Å². The average molecular weight is 385 g/mol. The van der Waals surface area contributed by atoms with Gasteiger partial charge in [-0.05, 0) is 49.8 Å². The number of carboxylic acids is 1. The molecule has 0 amide bonds. The monoisotopic (exact) mass is 385 g/mol. The summed E-state index contributed by atoms with van der Waals surface area (Å²) in [6.07, 6.45) is -9.14. The van der Waals surface area contributed by atoms with Gasteiger partial charge in [0.15, 0.2) is 0 Å². The molecule has 26 heavy (non-hydrogen) atoms. The summed E-state index contributed by atoms with van der Waals surface area (Å²) in [7, 11) is 0. The zero-order valence-electron chi connectivity index (χ0n) is 14.3. The predicted molar refractivity (Wildman–Crippen MR) is 83.4 cm³/mol. The van der Waals surface area contributed by atoms with Crippen LogP contribution < -0.4 is 5.73 Å². The molecule has 1 aromatic rings. The van der Waals surface area contributed by atoms with Gasteiger partial charge in [-0.25, -0.2) is 0 Å². The van der Waals surface area contributed by atoms with Crippen LogP contribution in [0.2, 0.25) is 0 Å². The predicted octanol–water partition coefficient (Wildman–Crippen LogP) is 4.88. The molecule has 0 bridgehead atoms. The number of carboxylic acid groups (broad SMARTS) is 1. The van der Waals surface area contributed by atoms with Gasteiger partial charge in [-0.3, -0.25) is 4.79 Å². The maximum atomic E-state index is 13.0. The lowest BCUT2D eigenvalue weighted by Gasteiger charge is -2.25. The minimum absolute atomic E-state index is 0.0927. The highest BCUT2D eigenvalue weighted by Gasteiger charge is 2.43. The molecule has 1 rings (SSSR count). The van der Waals surface area contributed by atoms with E-state index >= 15 is 0 Å². The van der Waals surface area contributed by atoms with E-state index < -0.39 is 35.0 Å². The number of hydrogen-bond donors (Lipinski definition) is 2. The maximum absolute atomic E-state index is 13.0. The Balaban J connectivity index is 2.99. The molecule has 1 aromatic carbocycles. The minimum atomic E-state index is -5.12. The van der Waals surface area contributed by atoms with Crippen molar-refractivity contribution in [2.24, 2.45) is 11.7 Å². The lowest BCUT2D eigenvalue weighted by molar-refractivity contribution is -0.162. The SMILES string of the molecule is CCC(CCc1ccc(C(F)(F)F)c(C(F)(F)F)c1)CC(C)(N)C(=O)O. The van der Waals surface area contributed by atoms with Gasteiger partial charge in [-0.2, -0.15) is 26.3 Å². The molecule has 3 nitrogen and oxygen atoms in total. The van der Waals surface area contributed by atoms with Gasteiger partial charge in [0.05, 0.1) is 11.1 Å². The van der Waals surface area contributed by atoms with E-state index in [1.807, 2.05) is 0 Å². The second-order valence-electron chi connectivity index (χ2n) is 6.62. The summed E-state index contributed by atoms with van der Waals surface area (Å²) >= 11 is 0. The van der Waals surface area contributed by atoms with Crippen LogP contribution in [0.5, 0.6) is 0 Å². The van der Waals surface area contributed by atoms with Crippen molar-refractivity contribution >= 4 is 5.97 Å². The molecule has 0 aromatic heterocycles. The largest absolute Gasteiger partial charge is 0.480 e. The second-order valence-corrected chi connectivity index (χ2v) is 6.62. The van der Waals surface area contributed by atoms with E-state index in [0.29, 0.717) is 25.0 Å². The van der Waals surface area contributed by atoms with E-state index in [-0.39, 0.29) is 24.3 Å². The van der Waals surface area contributed by atoms with Crippen molar-refractivity contribution in [1.29, 1.82) is 0 Å². The summed E-state index contributed by atoms with van der Waals surface area (Å²) in [6.45, 7) is 3.13. The van der Waals surface area contributed by atoms with Crippen molar-refractivity contribution < 1.29 is 36.2 Å². The normalized spacial score (nSPS) is 16.2. The molecule has 2 atom stereocenters. The summed E-state index contributed by atoms with van der Waals surface area (Å²) in [5, 5.41) is 9.05. The molecule has 0 saturated carbocycles. The molecule has 0 radical (unpaired) electrons. The number of carbonyl (C=O) groups is 1. The highest BCUT2D eigenvalue weighted by molar-refractivity contribution is 5.77. The van der Waals surface area contributed by atoms with Crippen LogP contribution in [-0.4, -0.2) is 16.6 Å². The third-order valence-electron chi connectivity index (χ3n) is 4.31. The molecule has 148 valence electrons. The quantitative estimate of drug-likeness (QED) is 0.658. The Morgan fingerprint density at radius 1 is 1.12 bits per heavy atom. The summed E-state index contributed by atoms with van der Waals surface area (Å²) in [5.41, 5.74) is 0.877. The van der Waals surface area contributed by atoms with E-state index in [0.717, 1.165) is 6.07 Å². The first-order valence-electron chi connectivity index (χ1n) is 7.98. The second kappa shape index (κ2) is 7.85. The molecule has 0 spiro atoms. The van der Waals surface area contributed by atoms with E-state index in [1.54, 1.807) is 6.92 Å². The number of halogens is 6. The fourth-order valence-corrected chi connectivity index (χ4v) is 2.74. The van der Waals surface area contributed by atoms with Gasteiger partial charge in [-0.15, -0.1) is 0 Å². The molecule has 0 heterocycles. The smallest absolute Gasteiger partial charge is 0.417 e. The van der Waals surface area contributed by atoms with Crippen LogP contribution in [0.15, 0.2) is 18.2 Å². The van der Waals surface area contributed by atoms with Crippen molar-refractivity contribution in [3.8, 4) is 0 Å². The van der Waals surface area contributed by atoms with Crippen molar-refractivity contribution in [3.63, 3.8) is 0 Å². The van der Waals surface area contributed by atoms with Crippen LogP contribution in [0.4, 0.5) is 26.3 Å². The molecule has 0 fully saturated rings. The molecule has 0 aliphatic carbocycles. The summed E-state index contributed by atoms with van der Waals surface area (Å²) in [6, 6.07) is 1.96. The zero-order chi connectivity index (χ0) is 20.3. The molecule has 3 N–H and O–H groups in total. The van der Waals surface area contributed by atoms with Gasteiger partial charge in [0, 0.05) is 0 Å². The lowest BCUT2D eigenvalue weighted by Crippen LogP contribution is -2.46. The third-order valence-corrected chi connectivity index (χ3v) is 4.31. The summed E-state index contributed by atoms with van der Waals surface area (Å²) in [4.78, 5) is 11.1. The van der Waals surface area contributed by atoms with E-state index in [1.165, 1.54) is 6.92 Å². The van der Waals surface area contributed by atoms with Gasteiger partial charge < -0.3 is 10.8 Å². The first kappa shape index (κ1) is 22.3. The Hall–Kier alpha value is -1.77. The van der Waals surface area contributed by atoms with E-state index in [2.05, 4.69) is 0 Å². The van der Waals surface area contributed by atoms with Crippen LogP contribution >= 0.6 is 0 Å². The third kappa shape index (κ3) is 5.89. The van der Waals surface area contributed by atoms with Crippen LogP contribution in [0, 0.1) is 5.92 Å². The fourth-order valence-electron chi connectivity index (χ4n) is 2.74. The number of aliphatic carboxylic acids is 1. The number of benzene rings is 1. The van der Waals surface area contributed by atoms with Crippen molar-refractivity contribution in [2.45, 2.75) is 57.4 Å².